The molecule has 138 valence electrons. The van der Waals surface area contributed by atoms with Crippen LogP contribution in [-0.2, 0) is 4.79 Å². The summed E-state index contributed by atoms with van der Waals surface area (Å²) in [4.78, 5) is 13.1. The van der Waals surface area contributed by atoms with Gasteiger partial charge in [0.25, 0.3) is 5.91 Å². The minimum absolute atomic E-state index is 0.262. The molecular weight excluding hydrogens is 405 g/mol. The monoisotopic (exact) mass is 419 g/mol. The van der Waals surface area contributed by atoms with Gasteiger partial charge in [0.05, 0.1) is 33.2 Å². The van der Waals surface area contributed by atoms with Crippen molar-refractivity contribution in [1.29, 1.82) is 0 Å². The van der Waals surface area contributed by atoms with Gasteiger partial charge in [-0.15, -0.1) is 11.3 Å². The summed E-state index contributed by atoms with van der Waals surface area (Å²) < 4.78 is 1.75. The number of amides is 1. The second kappa shape index (κ2) is 6.92. The first-order valence-electron chi connectivity index (χ1n) is 8.05. The normalized spacial score (nSPS) is 16.0. The smallest absolute Gasteiger partial charge is 0.255 e. The molecule has 6 nitrogen and oxygen atoms in total. The number of thiophene rings is 1. The number of aromatic nitrogens is 2. The Bertz CT molecular complexity index is 1070. The minimum atomic E-state index is -0.453. The molecule has 1 aliphatic heterocycles. The molecule has 1 aromatic carbocycles. The molecule has 4 N–H and O–H groups in total. The number of nitrogens with zero attached hydrogens (tertiary/aromatic N) is 2. The fourth-order valence-corrected chi connectivity index (χ4v) is 4.07. The standard InChI is InChI=1S/C18H15Cl2N5OS/c1-9-16(18(26)24-14-8-27-7-13(14)21)17(25-15(23-9)4-5-22-25)10-2-3-11(19)12(20)6-10/h2-8,17,23H,21H2,1H3,(H,24,26). The van der Waals surface area contributed by atoms with Gasteiger partial charge in [0.1, 0.15) is 11.9 Å². The lowest BCUT2D eigenvalue weighted by Gasteiger charge is -2.30. The Hall–Kier alpha value is -2.48. The van der Waals surface area contributed by atoms with E-state index in [1.165, 1.54) is 11.3 Å². The van der Waals surface area contributed by atoms with E-state index >= 15 is 0 Å². The van der Waals surface area contributed by atoms with Crippen LogP contribution in [0.5, 0.6) is 0 Å². The zero-order chi connectivity index (χ0) is 19.1. The number of halogens is 2. The molecule has 0 aliphatic carbocycles. The number of hydrogen-bond acceptors (Lipinski definition) is 5. The van der Waals surface area contributed by atoms with Crippen LogP contribution in [0.25, 0.3) is 0 Å². The van der Waals surface area contributed by atoms with Crippen molar-refractivity contribution in [3.05, 3.63) is 68.1 Å². The predicted molar refractivity (Wildman–Crippen MR) is 111 cm³/mol. The Labute approximate surface area is 169 Å². The third-order valence-corrected chi connectivity index (χ3v) is 5.85. The van der Waals surface area contributed by atoms with Gasteiger partial charge in [-0.25, -0.2) is 4.68 Å². The van der Waals surface area contributed by atoms with Crippen LogP contribution < -0.4 is 16.4 Å². The van der Waals surface area contributed by atoms with Crippen LogP contribution in [-0.4, -0.2) is 15.7 Å². The van der Waals surface area contributed by atoms with Crippen LogP contribution in [0.15, 0.2) is 52.5 Å². The van der Waals surface area contributed by atoms with Crippen LogP contribution in [0, 0.1) is 0 Å². The zero-order valence-electron chi connectivity index (χ0n) is 14.2. The number of rotatable bonds is 3. The number of fused-ring (bicyclic) bond motifs is 1. The highest BCUT2D eigenvalue weighted by Crippen LogP contribution is 2.38. The number of nitrogen functional groups attached to an aromatic ring is 1. The fourth-order valence-electron chi connectivity index (χ4n) is 3.09. The number of hydrogen-bond donors (Lipinski definition) is 3. The Morgan fingerprint density at radius 2 is 2.11 bits per heavy atom. The summed E-state index contributed by atoms with van der Waals surface area (Å²) in [5.41, 5.74) is 9.08. The number of nitrogens with one attached hydrogen (secondary N) is 2. The summed E-state index contributed by atoms with van der Waals surface area (Å²) in [5.74, 6) is 0.525. The molecule has 0 saturated heterocycles. The summed E-state index contributed by atoms with van der Waals surface area (Å²) in [6.07, 6.45) is 1.68. The zero-order valence-corrected chi connectivity index (χ0v) is 16.5. The molecule has 1 atom stereocenters. The Kier molecular flexibility index (Phi) is 4.59. The van der Waals surface area contributed by atoms with Gasteiger partial charge >= 0.3 is 0 Å². The van der Waals surface area contributed by atoms with Crippen LogP contribution in [0.4, 0.5) is 17.2 Å². The Morgan fingerprint density at radius 1 is 1.30 bits per heavy atom. The quantitative estimate of drug-likeness (QED) is 0.570. The number of benzene rings is 1. The van der Waals surface area contributed by atoms with E-state index in [0.717, 1.165) is 17.1 Å². The lowest BCUT2D eigenvalue weighted by molar-refractivity contribution is -0.113. The average molecular weight is 420 g/mol. The molecule has 3 aromatic rings. The van der Waals surface area contributed by atoms with Gasteiger partial charge in [-0.2, -0.15) is 5.10 Å². The number of allylic oxidation sites excluding steroid dienone is 1. The van der Waals surface area contributed by atoms with Crippen LogP contribution in [0.3, 0.4) is 0 Å². The van der Waals surface area contributed by atoms with Crippen molar-refractivity contribution in [3.63, 3.8) is 0 Å². The first-order valence-corrected chi connectivity index (χ1v) is 9.75. The Balaban J connectivity index is 1.80. The van der Waals surface area contributed by atoms with Crippen molar-refractivity contribution in [2.45, 2.75) is 13.0 Å². The van der Waals surface area contributed by atoms with Gasteiger partial charge in [-0.3, -0.25) is 4.79 Å². The molecule has 1 aliphatic rings. The summed E-state index contributed by atoms with van der Waals surface area (Å²) in [5, 5.41) is 14.9. The molecule has 0 saturated carbocycles. The molecule has 9 heteroatoms. The average Bonchev–Trinajstić information content (AvgIpc) is 3.25. The summed E-state index contributed by atoms with van der Waals surface area (Å²) >= 11 is 13.7. The van der Waals surface area contributed by atoms with E-state index in [-0.39, 0.29) is 5.91 Å². The van der Waals surface area contributed by atoms with E-state index in [4.69, 9.17) is 28.9 Å². The van der Waals surface area contributed by atoms with Crippen molar-refractivity contribution in [3.8, 4) is 0 Å². The van der Waals surface area contributed by atoms with Gasteiger partial charge in [0.2, 0.25) is 0 Å². The molecule has 2 aromatic heterocycles. The van der Waals surface area contributed by atoms with Crippen molar-refractivity contribution >= 4 is 57.6 Å². The first-order chi connectivity index (χ1) is 13.0. The Morgan fingerprint density at radius 3 is 2.81 bits per heavy atom. The van der Waals surface area contributed by atoms with Crippen LogP contribution in [0.1, 0.15) is 18.5 Å². The number of nitrogens with two attached hydrogens (primary N) is 1. The number of carbonyl (C=O) groups excluding carboxylic acids is 1. The first kappa shape index (κ1) is 17.9. The molecule has 0 fully saturated rings. The highest BCUT2D eigenvalue weighted by atomic mass is 35.5. The van der Waals surface area contributed by atoms with Crippen molar-refractivity contribution < 1.29 is 4.79 Å². The minimum Gasteiger partial charge on any atom is -0.396 e. The molecule has 1 unspecified atom stereocenters. The van der Waals surface area contributed by atoms with E-state index in [1.807, 2.05) is 19.1 Å². The second-order valence-corrected chi connectivity index (χ2v) is 7.65. The highest BCUT2D eigenvalue weighted by Gasteiger charge is 2.33. The van der Waals surface area contributed by atoms with Gasteiger partial charge < -0.3 is 16.4 Å². The fraction of sp³-hybridized carbons (Fsp3) is 0.111. The van der Waals surface area contributed by atoms with Crippen LogP contribution >= 0.6 is 34.5 Å². The number of carbonyl (C=O) groups is 1. The maximum Gasteiger partial charge on any atom is 0.255 e. The molecule has 4 rings (SSSR count). The van der Waals surface area contributed by atoms with E-state index in [0.29, 0.717) is 27.0 Å². The van der Waals surface area contributed by atoms with Crippen LogP contribution in [0.2, 0.25) is 10.0 Å². The SMILES string of the molecule is CC1=C(C(=O)Nc2cscc2N)C(c2ccc(Cl)c(Cl)c2)n2nccc2N1. The molecule has 27 heavy (non-hydrogen) atoms. The van der Waals surface area contributed by atoms with E-state index < -0.39 is 6.04 Å². The molecular formula is C18H15Cl2N5OS. The molecule has 0 bridgehead atoms. The highest BCUT2D eigenvalue weighted by molar-refractivity contribution is 7.09. The van der Waals surface area contributed by atoms with Gasteiger partial charge in [-0.1, -0.05) is 29.3 Å². The summed E-state index contributed by atoms with van der Waals surface area (Å²) in [6, 6.07) is 6.71. The molecule has 1 amide bonds. The van der Waals surface area contributed by atoms with E-state index in [1.54, 1.807) is 33.8 Å². The molecule has 3 heterocycles. The maximum absolute atomic E-state index is 13.1. The third kappa shape index (κ3) is 3.18. The predicted octanol–water partition coefficient (Wildman–Crippen LogP) is 4.76. The maximum atomic E-state index is 13.1. The van der Waals surface area contributed by atoms with Gasteiger partial charge in [0, 0.05) is 22.5 Å². The molecule has 0 spiro atoms. The molecule has 0 radical (unpaired) electrons. The van der Waals surface area contributed by atoms with Crippen molar-refractivity contribution in [2.75, 3.05) is 16.4 Å². The summed E-state index contributed by atoms with van der Waals surface area (Å²) in [6.45, 7) is 1.85. The van der Waals surface area contributed by atoms with E-state index in [2.05, 4.69) is 15.7 Å². The van der Waals surface area contributed by atoms with Gasteiger partial charge in [0.15, 0.2) is 0 Å². The van der Waals surface area contributed by atoms with Crippen molar-refractivity contribution in [1.82, 2.24) is 9.78 Å². The largest absolute Gasteiger partial charge is 0.396 e. The second-order valence-electron chi connectivity index (χ2n) is 6.10. The summed E-state index contributed by atoms with van der Waals surface area (Å²) in [7, 11) is 0. The number of anilines is 3. The topological polar surface area (TPSA) is 85.0 Å². The van der Waals surface area contributed by atoms with Crippen molar-refractivity contribution in [2.24, 2.45) is 0 Å². The third-order valence-electron chi connectivity index (χ3n) is 4.35. The van der Waals surface area contributed by atoms with E-state index in [9.17, 15) is 4.79 Å². The van der Waals surface area contributed by atoms with Gasteiger partial charge in [-0.05, 0) is 24.6 Å². The lowest BCUT2D eigenvalue weighted by Crippen LogP contribution is -2.31. The lowest BCUT2D eigenvalue weighted by atomic mass is 9.95.